The van der Waals surface area contributed by atoms with Crippen LogP contribution in [0.15, 0.2) is 6.07 Å². The zero-order valence-corrected chi connectivity index (χ0v) is 11.8. The topological polar surface area (TPSA) is 25.2 Å². The van der Waals surface area contributed by atoms with Crippen LogP contribution in [0, 0.1) is 24.7 Å². The Morgan fingerprint density at radius 1 is 1.61 bits per heavy atom. The first-order valence-electron chi connectivity index (χ1n) is 6.74. The molecule has 0 saturated carbocycles. The van der Waals surface area contributed by atoms with Gasteiger partial charge in [-0.15, -0.1) is 6.42 Å². The first-order chi connectivity index (χ1) is 8.39. The minimum atomic E-state index is -0.348. The number of fused-ring (bicyclic) bond motifs is 1. The Balaban J connectivity index is 2.55. The number of aliphatic hydroxyl groups is 1. The summed E-state index contributed by atoms with van der Waals surface area (Å²) in [6, 6.07) is 2.21. The summed E-state index contributed by atoms with van der Waals surface area (Å²) in [5, 5.41) is 10.3. The molecule has 1 aliphatic rings. The van der Waals surface area contributed by atoms with Crippen molar-refractivity contribution in [3.63, 3.8) is 0 Å². The van der Waals surface area contributed by atoms with Crippen LogP contribution in [0.4, 0.5) is 0 Å². The molecule has 0 aliphatic heterocycles. The van der Waals surface area contributed by atoms with Crippen molar-refractivity contribution in [1.82, 2.24) is 4.57 Å². The number of rotatable bonds is 2. The Bertz CT molecular complexity index is 490. The molecular weight excluding hydrogens is 222 g/mol. The molecule has 2 heteroatoms. The summed E-state index contributed by atoms with van der Waals surface area (Å²) in [4.78, 5) is 0. The number of nitrogens with zero attached hydrogens (tertiary/aromatic N) is 1. The van der Waals surface area contributed by atoms with Gasteiger partial charge in [-0.25, -0.2) is 0 Å². The molecule has 1 heterocycles. The standard InChI is InChI=1S/C16H23NO/c1-6-12(7-2)17-11(3)8-13-14(17)9-16(4,5)10-15(13)18/h1,8,12,15,18H,7,9-10H2,2-5H3. The third-order valence-electron chi connectivity index (χ3n) is 4.01. The minimum Gasteiger partial charge on any atom is -0.388 e. The number of hydrogen-bond donors (Lipinski definition) is 1. The van der Waals surface area contributed by atoms with Gasteiger partial charge in [-0.3, -0.25) is 0 Å². The Hall–Kier alpha value is -1.20. The van der Waals surface area contributed by atoms with E-state index >= 15 is 0 Å². The van der Waals surface area contributed by atoms with Crippen molar-refractivity contribution in [2.45, 2.75) is 59.1 Å². The third-order valence-corrected chi connectivity index (χ3v) is 4.01. The normalized spacial score (nSPS) is 23.2. The molecular formula is C16H23NO. The van der Waals surface area contributed by atoms with Gasteiger partial charge < -0.3 is 9.67 Å². The second-order valence-corrected chi connectivity index (χ2v) is 6.21. The largest absolute Gasteiger partial charge is 0.388 e. The SMILES string of the molecule is C#CC(CC)n1c(C)cc2c1CC(C)(C)CC2O. The van der Waals surface area contributed by atoms with Crippen LogP contribution in [-0.2, 0) is 6.42 Å². The maximum absolute atomic E-state index is 10.3. The van der Waals surface area contributed by atoms with E-state index in [9.17, 15) is 5.11 Å². The van der Waals surface area contributed by atoms with Crippen molar-refractivity contribution in [3.8, 4) is 12.3 Å². The smallest absolute Gasteiger partial charge is 0.0941 e. The Morgan fingerprint density at radius 3 is 2.83 bits per heavy atom. The van der Waals surface area contributed by atoms with E-state index < -0.39 is 0 Å². The molecule has 98 valence electrons. The highest BCUT2D eigenvalue weighted by Gasteiger charge is 2.34. The predicted molar refractivity (Wildman–Crippen MR) is 74.4 cm³/mol. The van der Waals surface area contributed by atoms with Crippen LogP contribution >= 0.6 is 0 Å². The Labute approximate surface area is 110 Å². The summed E-state index contributed by atoms with van der Waals surface area (Å²) in [7, 11) is 0. The molecule has 2 atom stereocenters. The average Bonchev–Trinajstić information content (AvgIpc) is 2.58. The lowest BCUT2D eigenvalue weighted by molar-refractivity contribution is 0.0977. The minimum absolute atomic E-state index is 0.106. The molecule has 18 heavy (non-hydrogen) atoms. The quantitative estimate of drug-likeness (QED) is 0.794. The highest BCUT2D eigenvalue weighted by atomic mass is 16.3. The van der Waals surface area contributed by atoms with Crippen molar-refractivity contribution < 1.29 is 5.11 Å². The van der Waals surface area contributed by atoms with Gasteiger partial charge >= 0.3 is 0 Å². The van der Waals surface area contributed by atoms with Crippen molar-refractivity contribution >= 4 is 0 Å². The van der Waals surface area contributed by atoms with E-state index in [1.807, 2.05) is 0 Å². The van der Waals surface area contributed by atoms with Gasteiger partial charge in [0.1, 0.15) is 0 Å². The molecule has 1 aromatic heterocycles. The first kappa shape index (κ1) is 13.2. The predicted octanol–water partition coefficient (Wildman–Crippen LogP) is 3.39. The molecule has 1 aliphatic carbocycles. The third kappa shape index (κ3) is 2.08. The molecule has 2 rings (SSSR count). The molecule has 1 N–H and O–H groups in total. The van der Waals surface area contributed by atoms with Crippen molar-refractivity contribution in [2.24, 2.45) is 5.41 Å². The van der Waals surface area contributed by atoms with E-state index in [2.05, 4.69) is 44.2 Å². The summed E-state index contributed by atoms with van der Waals surface area (Å²) in [5.74, 6) is 2.87. The van der Waals surface area contributed by atoms with Gasteiger partial charge in [0.25, 0.3) is 0 Å². The van der Waals surface area contributed by atoms with E-state index in [-0.39, 0.29) is 17.6 Å². The molecule has 2 unspecified atom stereocenters. The second kappa shape index (κ2) is 4.48. The van der Waals surface area contributed by atoms with Gasteiger partial charge in [0.15, 0.2) is 0 Å². The van der Waals surface area contributed by atoms with Crippen LogP contribution in [0.1, 0.15) is 62.7 Å². The molecule has 0 bridgehead atoms. The van der Waals surface area contributed by atoms with Crippen molar-refractivity contribution in [3.05, 3.63) is 23.0 Å². The Kier molecular flexibility index (Phi) is 3.29. The van der Waals surface area contributed by atoms with E-state index in [0.29, 0.717) is 0 Å². The van der Waals surface area contributed by atoms with E-state index in [1.165, 1.54) is 11.4 Å². The van der Waals surface area contributed by atoms with Crippen LogP contribution in [-0.4, -0.2) is 9.67 Å². The molecule has 2 nitrogen and oxygen atoms in total. The van der Waals surface area contributed by atoms with Crippen molar-refractivity contribution in [2.75, 3.05) is 0 Å². The van der Waals surface area contributed by atoms with Gasteiger partial charge in [-0.05, 0) is 37.7 Å². The van der Waals surface area contributed by atoms with Gasteiger partial charge in [0, 0.05) is 17.0 Å². The zero-order chi connectivity index (χ0) is 13.5. The lowest BCUT2D eigenvalue weighted by Gasteiger charge is -2.34. The highest BCUT2D eigenvalue weighted by molar-refractivity contribution is 5.34. The van der Waals surface area contributed by atoms with Crippen LogP contribution in [0.3, 0.4) is 0 Å². The highest BCUT2D eigenvalue weighted by Crippen LogP contribution is 2.42. The molecule has 0 spiro atoms. The monoisotopic (exact) mass is 245 g/mol. The summed E-state index contributed by atoms with van der Waals surface area (Å²) < 4.78 is 2.25. The van der Waals surface area contributed by atoms with Crippen LogP contribution in [0.25, 0.3) is 0 Å². The maximum atomic E-state index is 10.3. The number of aromatic nitrogens is 1. The van der Waals surface area contributed by atoms with Gasteiger partial charge in [0.2, 0.25) is 0 Å². The molecule has 1 aromatic rings. The molecule has 0 fully saturated rings. The number of aliphatic hydroxyl groups excluding tert-OH is 1. The fourth-order valence-corrected chi connectivity index (χ4v) is 3.17. The first-order valence-corrected chi connectivity index (χ1v) is 6.74. The number of hydrogen-bond acceptors (Lipinski definition) is 1. The van der Waals surface area contributed by atoms with Crippen LogP contribution < -0.4 is 0 Å². The van der Waals surface area contributed by atoms with Gasteiger partial charge in [-0.2, -0.15) is 0 Å². The molecule has 0 aromatic carbocycles. The summed E-state index contributed by atoms with van der Waals surface area (Å²) in [6.07, 6.45) is 8.04. The van der Waals surface area contributed by atoms with E-state index in [1.54, 1.807) is 0 Å². The summed E-state index contributed by atoms with van der Waals surface area (Å²) in [6.45, 7) is 8.62. The average molecular weight is 245 g/mol. The summed E-state index contributed by atoms with van der Waals surface area (Å²) >= 11 is 0. The van der Waals surface area contributed by atoms with Crippen LogP contribution in [0.2, 0.25) is 0 Å². The van der Waals surface area contributed by atoms with Gasteiger partial charge in [-0.1, -0.05) is 26.7 Å². The number of terminal acetylenes is 1. The fraction of sp³-hybridized carbons (Fsp3) is 0.625. The maximum Gasteiger partial charge on any atom is 0.0941 e. The zero-order valence-electron chi connectivity index (χ0n) is 11.8. The molecule has 0 amide bonds. The van der Waals surface area contributed by atoms with Crippen LogP contribution in [0.5, 0.6) is 0 Å². The fourth-order valence-electron chi connectivity index (χ4n) is 3.17. The van der Waals surface area contributed by atoms with Crippen molar-refractivity contribution in [1.29, 1.82) is 0 Å². The molecule has 0 radical (unpaired) electrons. The van der Waals surface area contributed by atoms with E-state index in [4.69, 9.17) is 6.42 Å². The van der Waals surface area contributed by atoms with Gasteiger partial charge in [0.05, 0.1) is 12.1 Å². The second-order valence-electron chi connectivity index (χ2n) is 6.21. The number of aryl methyl sites for hydroxylation is 1. The summed E-state index contributed by atoms with van der Waals surface area (Å²) in [5.41, 5.74) is 3.63. The molecule has 0 saturated heterocycles. The van der Waals surface area contributed by atoms with E-state index in [0.717, 1.165) is 24.8 Å². The lowest BCUT2D eigenvalue weighted by Crippen LogP contribution is -2.27. The Morgan fingerprint density at radius 2 is 2.28 bits per heavy atom. The lowest BCUT2D eigenvalue weighted by atomic mass is 9.75.